The first-order chi connectivity index (χ1) is 11.8. The third kappa shape index (κ3) is 5.16. The minimum atomic E-state index is -0.838. The number of nitrogens with one attached hydrogen (secondary N) is 2. The molecule has 0 aromatic heterocycles. The Morgan fingerprint density at radius 2 is 2.08 bits per heavy atom. The zero-order chi connectivity index (χ0) is 18.6. The average Bonchev–Trinajstić information content (AvgIpc) is 2.50. The second kappa shape index (κ2) is 8.29. The minimum Gasteiger partial charge on any atom is -0.480 e. The van der Waals surface area contributed by atoms with Crippen LogP contribution in [0.1, 0.15) is 43.9 Å². The van der Waals surface area contributed by atoms with Crippen molar-refractivity contribution in [2.24, 2.45) is 0 Å². The topological polar surface area (TPSA) is 81.7 Å². The second-order valence-corrected chi connectivity index (χ2v) is 6.63. The Balaban J connectivity index is 1.78. The summed E-state index contributed by atoms with van der Waals surface area (Å²) in [6, 6.07) is 4.56. The van der Waals surface area contributed by atoms with Gasteiger partial charge in [0, 0.05) is 12.1 Å². The Hall–Kier alpha value is -2.15. The molecule has 1 aliphatic rings. The summed E-state index contributed by atoms with van der Waals surface area (Å²) >= 11 is 0. The number of carbonyl (C=O) groups is 2. The first kappa shape index (κ1) is 19.2. The largest absolute Gasteiger partial charge is 0.480 e. The molecular weight excluding hydrogens is 325 g/mol. The van der Waals surface area contributed by atoms with Crippen LogP contribution in [0.25, 0.3) is 0 Å². The van der Waals surface area contributed by atoms with E-state index >= 15 is 0 Å². The van der Waals surface area contributed by atoms with Crippen LogP contribution in [0, 0.1) is 12.7 Å². The normalized spacial score (nSPS) is 20.7. The molecule has 0 bridgehead atoms. The van der Waals surface area contributed by atoms with E-state index in [1.54, 1.807) is 26.0 Å². The number of urea groups is 1. The molecule has 0 spiro atoms. The van der Waals surface area contributed by atoms with Crippen LogP contribution in [0.5, 0.6) is 0 Å². The van der Waals surface area contributed by atoms with Gasteiger partial charge in [0.25, 0.3) is 0 Å². The van der Waals surface area contributed by atoms with Crippen molar-refractivity contribution in [2.45, 2.75) is 51.7 Å². The highest BCUT2D eigenvalue weighted by atomic mass is 19.1. The molecule has 138 valence electrons. The molecule has 0 radical (unpaired) electrons. The van der Waals surface area contributed by atoms with Gasteiger partial charge in [-0.2, -0.15) is 0 Å². The van der Waals surface area contributed by atoms with Crippen molar-refractivity contribution in [3.05, 3.63) is 35.1 Å². The van der Waals surface area contributed by atoms with E-state index in [0.29, 0.717) is 17.7 Å². The molecule has 6 nitrogen and oxygen atoms in total. The third-order valence-electron chi connectivity index (χ3n) is 4.75. The molecule has 7 heteroatoms. The summed E-state index contributed by atoms with van der Waals surface area (Å²) in [6.07, 6.45) is 1.48. The number of carboxylic acid groups (broad SMARTS) is 1. The summed E-state index contributed by atoms with van der Waals surface area (Å²) in [5, 5.41) is 14.6. The Kier molecular flexibility index (Phi) is 6.36. The van der Waals surface area contributed by atoms with Crippen LogP contribution in [0.3, 0.4) is 0 Å². The molecule has 0 heterocycles. The Morgan fingerprint density at radius 1 is 1.40 bits per heavy atom. The first-order valence-electron chi connectivity index (χ1n) is 8.59. The molecule has 25 heavy (non-hydrogen) atoms. The Bertz CT molecular complexity index is 632. The highest BCUT2D eigenvalue weighted by Crippen LogP contribution is 2.25. The van der Waals surface area contributed by atoms with Crippen molar-refractivity contribution in [1.29, 1.82) is 0 Å². The van der Waals surface area contributed by atoms with Gasteiger partial charge in [-0.25, -0.2) is 9.18 Å². The summed E-state index contributed by atoms with van der Waals surface area (Å²) in [5.41, 5.74) is 1.28. The molecule has 2 amide bonds. The Labute approximate surface area is 147 Å². The molecule has 0 saturated heterocycles. The third-order valence-corrected chi connectivity index (χ3v) is 4.75. The van der Waals surface area contributed by atoms with Crippen molar-refractivity contribution < 1.29 is 19.1 Å². The number of aliphatic carboxylic acids is 1. The summed E-state index contributed by atoms with van der Waals surface area (Å²) in [7, 11) is 0. The van der Waals surface area contributed by atoms with E-state index in [4.69, 9.17) is 5.11 Å². The van der Waals surface area contributed by atoms with Crippen LogP contribution in [0.4, 0.5) is 9.18 Å². The summed E-state index contributed by atoms with van der Waals surface area (Å²) in [4.78, 5) is 24.8. The lowest BCUT2D eigenvalue weighted by atomic mass is 9.85. The molecule has 1 aromatic carbocycles. The molecule has 2 rings (SSSR count). The summed E-state index contributed by atoms with van der Waals surface area (Å²) in [5.74, 6) is -1.12. The quantitative estimate of drug-likeness (QED) is 0.705. The standard InChI is InChI=1S/C18H26FN3O3/c1-4-22(10-17(23)24)15-8-14(9-15)21-18(25)20-12(3)13-6-5-11(2)16(19)7-13/h5-7,12,14-15H,4,8-10H2,1-3H3,(H,23,24)(H2,20,21,25). The van der Waals surface area contributed by atoms with Crippen LogP contribution < -0.4 is 10.6 Å². The number of halogens is 1. The number of nitrogens with zero attached hydrogens (tertiary/aromatic N) is 1. The van der Waals surface area contributed by atoms with Crippen LogP contribution >= 0.6 is 0 Å². The van der Waals surface area contributed by atoms with E-state index in [1.807, 2.05) is 11.8 Å². The van der Waals surface area contributed by atoms with Crippen molar-refractivity contribution in [2.75, 3.05) is 13.1 Å². The van der Waals surface area contributed by atoms with Gasteiger partial charge in [0.05, 0.1) is 12.6 Å². The van der Waals surface area contributed by atoms with Gasteiger partial charge >= 0.3 is 12.0 Å². The fourth-order valence-corrected chi connectivity index (χ4v) is 3.06. The SMILES string of the molecule is CCN(CC(=O)O)C1CC(NC(=O)NC(C)c2ccc(C)c(F)c2)C1. The molecule has 1 atom stereocenters. The van der Waals surface area contributed by atoms with E-state index < -0.39 is 5.97 Å². The number of rotatable bonds is 7. The molecule has 1 aliphatic carbocycles. The van der Waals surface area contributed by atoms with Gasteiger partial charge in [0.2, 0.25) is 0 Å². The molecule has 1 unspecified atom stereocenters. The van der Waals surface area contributed by atoms with Crippen molar-refractivity contribution in [3.8, 4) is 0 Å². The fourth-order valence-electron chi connectivity index (χ4n) is 3.06. The van der Waals surface area contributed by atoms with Gasteiger partial charge in [0.1, 0.15) is 5.82 Å². The summed E-state index contributed by atoms with van der Waals surface area (Å²) < 4.78 is 13.6. The molecular formula is C18H26FN3O3. The lowest BCUT2D eigenvalue weighted by Crippen LogP contribution is -2.56. The maximum atomic E-state index is 13.6. The lowest BCUT2D eigenvalue weighted by Gasteiger charge is -2.42. The lowest BCUT2D eigenvalue weighted by molar-refractivity contribution is -0.139. The second-order valence-electron chi connectivity index (χ2n) is 6.63. The zero-order valence-corrected chi connectivity index (χ0v) is 14.9. The monoisotopic (exact) mass is 351 g/mol. The van der Waals surface area contributed by atoms with Crippen molar-refractivity contribution in [3.63, 3.8) is 0 Å². The number of hydrogen-bond donors (Lipinski definition) is 3. The van der Waals surface area contributed by atoms with E-state index in [2.05, 4.69) is 10.6 Å². The van der Waals surface area contributed by atoms with Crippen LogP contribution in [-0.2, 0) is 4.79 Å². The number of likely N-dealkylation sites (N-methyl/N-ethyl adjacent to an activating group) is 1. The molecule has 3 N–H and O–H groups in total. The average molecular weight is 351 g/mol. The molecule has 1 saturated carbocycles. The van der Waals surface area contributed by atoms with Crippen molar-refractivity contribution >= 4 is 12.0 Å². The van der Waals surface area contributed by atoms with Crippen LogP contribution in [0.2, 0.25) is 0 Å². The predicted molar refractivity (Wildman–Crippen MR) is 92.9 cm³/mol. The first-order valence-corrected chi connectivity index (χ1v) is 8.59. The highest BCUT2D eigenvalue weighted by Gasteiger charge is 2.34. The van der Waals surface area contributed by atoms with Crippen molar-refractivity contribution in [1.82, 2.24) is 15.5 Å². The zero-order valence-electron chi connectivity index (χ0n) is 14.9. The van der Waals surface area contributed by atoms with Gasteiger partial charge in [-0.15, -0.1) is 0 Å². The maximum Gasteiger partial charge on any atom is 0.317 e. The van der Waals surface area contributed by atoms with Gasteiger partial charge in [-0.3, -0.25) is 9.69 Å². The molecule has 1 aromatic rings. The highest BCUT2D eigenvalue weighted by molar-refractivity contribution is 5.75. The van der Waals surface area contributed by atoms with Gasteiger partial charge in [-0.1, -0.05) is 19.1 Å². The molecule has 1 fully saturated rings. The van der Waals surface area contributed by atoms with E-state index in [-0.39, 0.29) is 36.5 Å². The number of carboxylic acids is 1. The van der Waals surface area contributed by atoms with Gasteiger partial charge in [-0.05, 0) is 50.4 Å². The number of aryl methyl sites for hydroxylation is 1. The smallest absolute Gasteiger partial charge is 0.317 e. The minimum absolute atomic E-state index is 0.0239. The number of benzene rings is 1. The number of carbonyl (C=O) groups excluding carboxylic acids is 1. The van der Waals surface area contributed by atoms with Crippen LogP contribution in [-0.4, -0.2) is 47.2 Å². The van der Waals surface area contributed by atoms with Crippen LogP contribution in [0.15, 0.2) is 18.2 Å². The maximum absolute atomic E-state index is 13.6. The Morgan fingerprint density at radius 3 is 2.64 bits per heavy atom. The number of amides is 2. The van der Waals surface area contributed by atoms with E-state index in [9.17, 15) is 14.0 Å². The van der Waals surface area contributed by atoms with E-state index in [0.717, 1.165) is 12.8 Å². The molecule has 0 aliphatic heterocycles. The van der Waals surface area contributed by atoms with Gasteiger partial charge in [0.15, 0.2) is 0 Å². The predicted octanol–water partition coefficient (Wildman–Crippen LogP) is 2.43. The summed E-state index contributed by atoms with van der Waals surface area (Å²) in [6.45, 7) is 6.13. The number of hydrogen-bond acceptors (Lipinski definition) is 3. The van der Waals surface area contributed by atoms with E-state index in [1.165, 1.54) is 6.07 Å². The fraction of sp³-hybridized carbons (Fsp3) is 0.556. The van der Waals surface area contributed by atoms with Gasteiger partial charge < -0.3 is 15.7 Å².